The zero-order chi connectivity index (χ0) is 11.8. The SMILES string of the molecule is O=C1NC(=O)C(=c2cccc3c2=CC=CC3)N1. The first kappa shape index (κ1) is 9.84. The Morgan fingerprint density at radius 2 is 2.00 bits per heavy atom. The van der Waals surface area contributed by atoms with Crippen molar-refractivity contribution in [3.63, 3.8) is 0 Å². The number of fused-ring (bicyclic) bond motifs is 1. The van der Waals surface area contributed by atoms with Gasteiger partial charge in [0.05, 0.1) is 0 Å². The van der Waals surface area contributed by atoms with Crippen molar-refractivity contribution >= 4 is 23.7 Å². The lowest BCUT2D eigenvalue weighted by Gasteiger charge is -2.04. The molecule has 3 amide bonds. The molecule has 0 spiro atoms. The largest absolute Gasteiger partial charge is 0.326 e. The van der Waals surface area contributed by atoms with Crippen molar-refractivity contribution in [1.82, 2.24) is 10.6 Å². The molecule has 1 aliphatic heterocycles. The molecule has 1 saturated heterocycles. The molecule has 1 aromatic rings. The predicted molar refractivity (Wildman–Crippen MR) is 63.1 cm³/mol. The second-order valence-electron chi connectivity index (χ2n) is 3.96. The Balaban J connectivity index is 2.37. The maximum absolute atomic E-state index is 11.6. The van der Waals surface area contributed by atoms with Gasteiger partial charge in [-0.2, -0.15) is 0 Å². The summed E-state index contributed by atoms with van der Waals surface area (Å²) >= 11 is 0. The van der Waals surface area contributed by atoms with E-state index < -0.39 is 6.03 Å². The van der Waals surface area contributed by atoms with Crippen LogP contribution in [0, 0.1) is 0 Å². The summed E-state index contributed by atoms with van der Waals surface area (Å²) < 4.78 is 0. The fourth-order valence-electron chi connectivity index (χ4n) is 2.12. The lowest BCUT2D eigenvalue weighted by molar-refractivity contribution is -0.114. The van der Waals surface area contributed by atoms with Crippen molar-refractivity contribution < 1.29 is 9.59 Å². The van der Waals surface area contributed by atoms with Gasteiger partial charge in [-0.3, -0.25) is 10.1 Å². The van der Waals surface area contributed by atoms with E-state index in [0.717, 1.165) is 22.4 Å². The molecule has 4 heteroatoms. The summed E-state index contributed by atoms with van der Waals surface area (Å²) in [7, 11) is 0. The summed E-state index contributed by atoms with van der Waals surface area (Å²) in [6, 6.07) is 5.29. The first-order valence-corrected chi connectivity index (χ1v) is 5.37. The third-order valence-electron chi connectivity index (χ3n) is 2.90. The minimum Gasteiger partial charge on any atom is -0.302 e. The molecule has 4 nitrogen and oxygen atoms in total. The van der Waals surface area contributed by atoms with Crippen molar-refractivity contribution in [1.29, 1.82) is 0 Å². The van der Waals surface area contributed by atoms with Crippen LogP contribution in [0.1, 0.15) is 5.56 Å². The highest BCUT2D eigenvalue weighted by atomic mass is 16.2. The van der Waals surface area contributed by atoms with Crippen molar-refractivity contribution in [3.8, 4) is 0 Å². The van der Waals surface area contributed by atoms with E-state index in [9.17, 15) is 9.59 Å². The highest BCUT2D eigenvalue weighted by Gasteiger charge is 2.23. The number of amides is 3. The van der Waals surface area contributed by atoms with Crippen LogP contribution in [0.25, 0.3) is 11.8 Å². The summed E-state index contributed by atoms with van der Waals surface area (Å²) in [5.74, 6) is -0.369. The molecule has 1 aliphatic carbocycles. The highest BCUT2D eigenvalue weighted by Crippen LogP contribution is 2.00. The first-order chi connectivity index (χ1) is 8.25. The van der Waals surface area contributed by atoms with Crippen LogP contribution in [0.2, 0.25) is 0 Å². The van der Waals surface area contributed by atoms with Gasteiger partial charge in [0, 0.05) is 5.22 Å². The van der Waals surface area contributed by atoms with Gasteiger partial charge in [-0.1, -0.05) is 36.4 Å². The van der Waals surface area contributed by atoms with Gasteiger partial charge in [0.25, 0.3) is 5.91 Å². The molecule has 2 N–H and O–H groups in total. The number of benzene rings is 1. The monoisotopic (exact) mass is 226 g/mol. The number of allylic oxidation sites excluding steroid dienone is 2. The molecule has 2 aliphatic rings. The minimum atomic E-state index is -0.464. The Morgan fingerprint density at radius 3 is 2.76 bits per heavy atom. The molecular formula is C13H10N2O2. The van der Waals surface area contributed by atoms with Crippen LogP contribution in [0.3, 0.4) is 0 Å². The average Bonchev–Trinajstić information content (AvgIpc) is 2.68. The predicted octanol–water partition coefficient (Wildman–Crippen LogP) is -0.473. The van der Waals surface area contributed by atoms with Crippen LogP contribution < -0.4 is 21.1 Å². The standard InChI is InChI=1S/C13H10N2O2/c16-12-11(14-13(17)15-12)10-7-3-5-8-4-1-2-6-9(8)10/h1-3,5-7H,4H2,(H2,14,15,16,17). The van der Waals surface area contributed by atoms with E-state index in [2.05, 4.69) is 16.7 Å². The smallest absolute Gasteiger partial charge is 0.302 e. The van der Waals surface area contributed by atoms with E-state index >= 15 is 0 Å². The Bertz CT molecular complexity index is 671. The van der Waals surface area contributed by atoms with Gasteiger partial charge in [0.15, 0.2) is 0 Å². The Morgan fingerprint density at radius 1 is 1.12 bits per heavy atom. The van der Waals surface area contributed by atoms with Gasteiger partial charge in [0.2, 0.25) is 0 Å². The molecule has 3 rings (SSSR count). The molecule has 0 bridgehead atoms. The quantitative estimate of drug-likeness (QED) is 0.587. The lowest BCUT2D eigenvalue weighted by Crippen LogP contribution is -2.35. The molecule has 0 unspecified atom stereocenters. The fourth-order valence-corrected chi connectivity index (χ4v) is 2.12. The number of nitrogens with one attached hydrogen (secondary N) is 2. The van der Waals surface area contributed by atoms with Crippen LogP contribution in [0.15, 0.2) is 30.4 Å². The van der Waals surface area contributed by atoms with E-state index in [0.29, 0.717) is 5.70 Å². The summed E-state index contributed by atoms with van der Waals surface area (Å²) in [6.45, 7) is 0. The van der Waals surface area contributed by atoms with Crippen LogP contribution in [-0.4, -0.2) is 11.9 Å². The van der Waals surface area contributed by atoms with Gasteiger partial charge in [-0.05, 0) is 17.2 Å². The van der Waals surface area contributed by atoms with E-state index in [4.69, 9.17) is 0 Å². The number of urea groups is 1. The van der Waals surface area contributed by atoms with E-state index in [1.165, 1.54) is 0 Å². The molecule has 0 radical (unpaired) electrons. The molecule has 0 saturated carbocycles. The van der Waals surface area contributed by atoms with Gasteiger partial charge < -0.3 is 5.32 Å². The number of hydrogen-bond acceptors (Lipinski definition) is 2. The van der Waals surface area contributed by atoms with Gasteiger partial charge >= 0.3 is 6.03 Å². The molecular weight excluding hydrogens is 216 g/mol. The number of rotatable bonds is 0. The third kappa shape index (κ3) is 1.54. The lowest BCUT2D eigenvalue weighted by atomic mass is 10.0. The Hall–Kier alpha value is -2.36. The summed E-state index contributed by atoms with van der Waals surface area (Å²) in [4.78, 5) is 22.7. The highest BCUT2D eigenvalue weighted by molar-refractivity contribution is 6.26. The van der Waals surface area contributed by atoms with Crippen molar-refractivity contribution in [3.05, 3.63) is 46.4 Å². The number of imide groups is 1. The minimum absolute atomic E-state index is 0.332. The van der Waals surface area contributed by atoms with E-state index in [1.807, 2.05) is 30.4 Å². The van der Waals surface area contributed by atoms with Crippen LogP contribution in [-0.2, 0) is 11.2 Å². The van der Waals surface area contributed by atoms with E-state index in [-0.39, 0.29) is 5.91 Å². The molecule has 1 aromatic carbocycles. The van der Waals surface area contributed by atoms with Gasteiger partial charge in [-0.15, -0.1) is 0 Å². The van der Waals surface area contributed by atoms with Gasteiger partial charge in [-0.25, -0.2) is 4.79 Å². The zero-order valence-electron chi connectivity index (χ0n) is 8.99. The maximum atomic E-state index is 11.6. The Labute approximate surface area is 97.3 Å². The fraction of sp³-hybridized carbons (Fsp3) is 0.0769. The van der Waals surface area contributed by atoms with Crippen LogP contribution in [0.4, 0.5) is 4.79 Å². The number of carbonyl (C=O) groups is 2. The van der Waals surface area contributed by atoms with Gasteiger partial charge in [0.1, 0.15) is 5.70 Å². The Kier molecular flexibility index (Phi) is 2.08. The van der Waals surface area contributed by atoms with E-state index in [1.54, 1.807) is 0 Å². The molecule has 17 heavy (non-hydrogen) atoms. The van der Waals surface area contributed by atoms with Crippen LogP contribution in [0.5, 0.6) is 0 Å². The molecule has 0 aromatic heterocycles. The van der Waals surface area contributed by atoms with Crippen LogP contribution >= 0.6 is 0 Å². The van der Waals surface area contributed by atoms with Crippen molar-refractivity contribution in [2.24, 2.45) is 0 Å². The summed E-state index contributed by atoms with van der Waals surface area (Å²) in [6.07, 6.45) is 6.83. The topological polar surface area (TPSA) is 58.2 Å². The summed E-state index contributed by atoms with van der Waals surface area (Å²) in [5.41, 5.74) is 1.49. The maximum Gasteiger partial charge on any atom is 0.326 e. The summed E-state index contributed by atoms with van der Waals surface area (Å²) in [5, 5.41) is 6.53. The van der Waals surface area contributed by atoms with Crippen molar-refractivity contribution in [2.45, 2.75) is 6.42 Å². The second-order valence-corrected chi connectivity index (χ2v) is 3.96. The number of hydrogen-bond donors (Lipinski definition) is 2. The molecule has 84 valence electrons. The third-order valence-corrected chi connectivity index (χ3v) is 2.90. The normalized spacial score (nSPS) is 20.5. The average molecular weight is 226 g/mol. The molecule has 1 fully saturated rings. The molecule has 1 heterocycles. The first-order valence-electron chi connectivity index (χ1n) is 5.37. The second kappa shape index (κ2) is 3.59. The van der Waals surface area contributed by atoms with Crippen molar-refractivity contribution in [2.75, 3.05) is 0 Å². The zero-order valence-corrected chi connectivity index (χ0v) is 8.99. The molecule has 0 atom stereocenters. The number of carbonyl (C=O) groups excluding carboxylic acids is 2.